The van der Waals surface area contributed by atoms with Crippen molar-refractivity contribution in [3.8, 4) is 17.0 Å². The van der Waals surface area contributed by atoms with Crippen LogP contribution in [0.1, 0.15) is 5.56 Å². The molecule has 0 unspecified atom stereocenters. The monoisotopic (exact) mass is 381 g/mol. The number of anilines is 1. The summed E-state index contributed by atoms with van der Waals surface area (Å²) >= 11 is 1.28. The molecule has 0 fully saturated rings. The van der Waals surface area contributed by atoms with Crippen LogP contribution < -0.4 is 10.1 Å². The van der Waals surface area contributed by atoms with Crippen molar-refractivity contribution in [2.45, 2.75) is 0 Å². The number of carbonyl (C=O) groups excluding carboxylic acids is 1. The van der Waals surface area contributed by atoms with E-state index in [1.807, 2.05) is 24.3 Å². The Kier molecular flexibility index (Phi) is 5.58. The van der Waals surface area contributed by atoms with Crippen molar-refractivity contribution in [2.24, 2.45) is 0 Å². The lowest BCUT2D eigenvalue weighted by molar-refractivity contribution is -0.384. The number of rotatable bonds is 6. The summed E-state index contributed by atoms with van der Waals surface area (Å²) < 4.78 is 5.09. The Morgan fingerprint density at radius 1 is 1.19 bits per heavy atom. The van der Waals surface area contributed by atoms with E-state index in [0.29, 0.717) is 10.8 Å². The first-order chi connectivity index (χ1) is 13.0. The molecule has 1 amide bonds. The second-order valence-electron chi connectivity index (χ2n) is 5.44. The zero-order chi connectivity index (χ0) is 19.2. The minimum Gasteiger partial charge on any atom is -0.497 e. The third-order valence-corrected chi connectivity index (χ3v) is 4.41. The molecule has 3 aromatic rings. The van der Waals surface area contributed by atoms with Crippen LogP contribution in [0.15, 0.2) is 60.0 Å². The number of methoxy groups -OCH3 is 1. The molecule has 0 atom stereocenters. The second-order valence-corrected chi connectivity index (χ2v) is 6.30. The van der Waals surface area contributed by atoms with Gasteiger partial charge in [0.25, 0.3) is 5.69 Å². The van der Waals surface area contributed by atoms with Gasteiger partial charge >= 0.3 is 0 Å². The Balaban J connectivity index is 1.63. The van der Waals surface area contributed by atoms with Crippen LogP contribution in [-0.2, 0) is 4.79 Å². The van der Waals surface area contributed by atoms with Crippen LogP contribution in [0.25, 0.3) is 17.3 Å². The van der Waals surface area contributed by atoms with Crippen LogP contribution in [0, 0.1) is 10.1 Å². The molecule has 2 aromatic carbocycles. The third kappa shape index (κ3) is 4.77. The predicted molar refractivity (Wildman–Crippen MR) is 105 cm³/mol. The van der Waals surface area contributed by atoms with Gasteiger partial charge in [-0.05, 0) is 35.9 Å². The van der Waals surface area contributed by atoms with Crippen LogP contribution in [0.4, 0.5) is 10.8 Å². The van der Waals surface area contributed by atoms with Crippen LogP contribution in [0.2, 0.25) is 0 Å². The standard InChI is InChI=1S/C19H15N3O4S/c1-26-16-9-2-13(3-10-16)4-11-18(23)21-19-20-17(12-27-19)14-5-7-15(8-6-14)22(24)25/h2-12H,1H3,(H,20,21,23). The molecule has 136 valence electrons. The molecular weight excluding hydrogens is 366 g/mol. The number of hydrogen-bond donors (Lipinski definition) is 1. The van der Waals surface area contributed by atoms with Crippen molar-refractivity contribution in [3.63, 3.8) is 0 Å². The summed E-state index contributed by atoms with van der Waals surface area (Å²) in [6.07, 6.45) is 3.12. The molecular formula is C19H15N3O4S. The van der Waals surface area contributed by atoms with Crippen molar-refractivity contribution in [2.75, 3.05) is 12.4 Å². The van der Waals surface area contributed by atoms with Crippen molar-refractivity contribution in [3.05, 3.63) is 75.7 Å². The minimum absolute atomic E-state index is 0.0196. The fourth-order valence-electron chi connectivity index (χ4n) is 2.25. The van der Waals surface area contributed by atoms with E-state index in [1.165, 1.54) is 29.5 Å². The third-order valence-electron chi connectivity index (χ3n) is 3.65. The molecule has 8 heteroatoms. The van der Waals surface area contributed by atoms with Gasteiger partial charge < -0.3 is 4.74 Å². The Morgan fingerprint density at radius 3 is 2.52 bits per heavy atom. The summed E-state index contributed by atoms with van der Waals surface area (Å²) in [5, 5.41) is 15.6. The van der Waals surface area contributed by atoms with Gasteiger partial charge in [0, 0.05) is 29.2 Å². The van der Waals surface area contributed by atoms with Gasteiger partial charge in [-0.1, -0.05) is 12.1 Å². The van der Waals surface area contributed by atoms with E-state index in [0.717, 1.165) is 16.9 Å². The van der Waals surface area contributed by atoms with E-state index in [9.17, 15) is 14.9 Å². The topological polar surface area (TPSA) is 94.4 Å². The lowest BCUT2D eigenvalue weighted by atomic mass is 10.1. The normalized spacial score (nSPS) is 10.7. The molecule has 0 aliphatic carbocycles. The van der Waals surface area contributed by atoms with Gasteiger partial charge in [-0.15, -0.1) is 11.3 Å². The fourth-order valence-corrected chi connectivity index (χ4v) is 2.97. The number of non-ortho nitro benzene ring substituents is 1. The summed E-state index contributed by atoms with van der Waals surface area (Å²) in [5.74, 6) is 0.452. The van der Waals surface area contributed by atoms with E-state index in [4.69, 9.17) is 4.74 Å². The number of nitro groups is 1. The Hall–Kier alpha value is -3.52. The van der Waals surface area contributed by atoms with Crippen LogP contribution in [-0.4, -0.2) is 22.9 Å². The Morgan fingerprint density at radius 2 is 1.89 bits per heavy atom. The van der Waals surface area contributed by atoms with Crippen molar-refractivity contribution >= 4 is 34.1 Å². The number of nitrogens with zero attached hydrogens (tertiary/aromatic N) is 2. The number of benzene rings is 2. The summed E-state index contributed by atoms with van der Waals surface area (Å²) in [4.78, 5) is 26.6. The van der Waals surface area contributed by atoms with Crippen LogP contribution in [0.5, 0.6) is 5.75 Å². The maximum atomic E-state index is 12.0. The Bertz CT molecular complexity index is 979. The highest BCUT2D eigenvalue weighted by Gasteiger charge is 2.09. The average Bonchev–Trinajstić information content (AvgIpc) is 3.15. The SMILES string of the molecule is COc1ccc(C=CC(=O)Nc2nc(-c3ccc([N+](=O)[O-])cc3)cs2)cc1. The van der Waals surface area contributed by atoms with Gasteiger partial charge in [0.05, 0.1) is 17.7 Å². The molecule has 0 radical (unpaired) electrons. The smallest absolute Gasteiger partial charge is 0.269 e. The first-order valence-corrected chi connectivity index (χ1v) is 8.76. The zero-order valence-electron chi connectivity index (χ0n) is 14.3. The number of amides is 1. The van der Waals surface area contributed by atoms with Crippen molar-refractivity contribution in [1.29, 1.82) is 0 Å². The summed E-state index contributed by atoms with van der Waals surface area (Å²) in [6, 6.07) is 13.4. The summed E-state index contributed by atoms with van der Waals surface area (Å²) in [7, 11) is 1.59. The second kappa shape index (κ2) is 8.24. The van der Waals surface area contributed by atoms with Gasteiger partial charge in [-0.2, -0.15) is 0 Å². The maximum Gasteiger partial charge on any atom is 0.269 e. The van der Waals surface area contributed by atoms with Gasteiger partial charge in [-0.25, -0.2) is 4.98 Å². The van der Waals surface area contributed by atoms with Crippen molar-refractivity contribution < 1.29 is 14.5 Å². The molecule has 0 saturated carbocycles. The van der Waals surface area contributed by atoms with Crippen LogP contribution in [0.3, 0.4) is 0 Å². The van der Waals surface area contributed by atoms with E-state index in [-0.39, 0.29) is 11.6 Å². The highest BCUT2D eigenvalue weighted by atomic mass is 32.1. The highest BCUT2D eigenvalue weighted by Crippen LogP contribution is 2.26. The lowest BCUT2D eigenvalue weighted by Gasteiger charge is -1.99. The molecule has 1 N–H and O–H groups in total. The molecule has 3 rings (SSSR count). The number of aromatic nitrogens is 1. The van der Waals surface area contributed by atoms with Crippen molar-refractivity contribution in [1.82, 2.24) is 4.98 Å². The quantitative estimate of drug-likeness (QED) is 0.388. The number of nitro benzene ring substituents is 1. The molecule has 7 nitrogen and oxygen atoms in total. The molecule has 0 spiro atoms. The summed E-state index contributed by atoms with van der Waals surface area (Å²) in [6.45, 7) is 0. The number of ether oxygens (including phenoxy) is 1. The summed E-state index contributed by atoms with van der Waals surface area (Å²) in [5.41, 5.74) is 2.28. The Labute approximate surface area is 159 Å². The van der Waals surface area contributed by atoms with Gasteiger partial charge in [0.15, 0.2) is 5.13 Å². The molecule has 1 heterocycles. The number of hydrogen-bond acceptors (Lipinski definition) is 6. The highest BCUT2D eigenvalue weighted by molar-refractivity contribution is 7.14. The fraction of sp³-hybridized carbons (Fsp3) is 0.0526. The predicted octanol–water partition coefficient (Wildman–Crippen LogP) is 4.38. The molecule has 1 aromatic heterocycles. The zero-order valence-corrected chi connectivity index (χ0v) is 15.1. The molecule has 0 aliphatic rings. The van der Waals surface area contributed by atoms with E-state index in [1.54, 1.807) is 30.7 Å². The maximum absolute atomic E-state index is 12.0. The van der Waals surface area contributed by atoms with E-state index < -0.39 is 4.92 Å². The van der Waals surface area contributed by atoms with Gasteiger partial charge in [0.2, 0.25) is 5.91 Å². The molecule has 0 saturated heterocycles. The van der Waals surface area contributed by atoms with Crippen LogP contribution >= 0.6 is 11.3 Å². The first-order valence-electron chi connectivity index (χ1n) is 7.88. The van der Waals surface area contributed by atoms with E-state index in [2.05, 4.69) is 10.3 Å². The largest absolute Gasteiger partial charge is 0.497 e. The number of thiazole rings is 1. The minimum atomic E-state index is -0.453. The average molecular weight is 381 g/mol. The van der Waals surface area contributed by atoms with Gasteiger partial charge in [-0.3, -0.25) is 20.2 Å². The molecule has 0 aliphatic heterocycles. The molecule has 27 heavy (non-hydrogen) atoms. The first kappa shape index (κ1) is 18.3. The lowest BCUT2D eigenvalue weighted by Crippen LogP contribution is -2.07. The molecule has 0 bridgehead atoms. The number of carbonyl (C=O) groups is 1. The van der Waals surface area contributed by atoms with Gasteiger partial charge in [0.1, 0.15) is 5.75 Å². The number of nitrogens with one attached hydrogen (secondary N) is 1. The van der Waals surface area contributed by atoms with E-state index >= 15 is 0 Å².